The predicted octanol–water partition coefficient (Wildman–Crippen LogP) is 0.252. The molecule has 76 valence electrons. The summed E-state index contributed by atoms with van der Waals surface area (Å²) in [7, 11) is 0. The van der Waals surface area contributed by atoms with E-state index in [0.717, 1.165) is 0 Å². The number of anilines is 1. The van der Waals surface area contributed by atoms with Crippen molar-refractivity contribution in [1.29, 1.82) is 0 Å². The third-order valence-corrected chi connectivity index (χ3v) is 1.76. The number of nitrogens with one attached hydrogen (secondary N) is 1. The number of nitrogens with two attached hydrogens (primary N) is 1. The first-order valence-electron chi connectivity index (χ1n) is 4.28. The molecule has 6 heteroatoms. The molecular formula is C9H9N5O. The quantitative estimate of drug-likeness (QED) is 0.748. The Balaban J connectivity index is 2.15. The first-order chi connectivity index (χ1) is 7.25. The van der Waals surface area contributed by atoms with Crippen LogP contribution in [-0.2, 0) is 0 Å². The van der Waals surface area contributed by atoms with Crippen molar-refractivity contribution < 1.29 is 4.79 Å². The highest BCUT2D eigenvalue weighted by Gasteiger charge is 2.03. The van der Waals surface area contributed by atoms with E-state index in [2.05, 4.69) is 15.5 Å². The molecule has 15 heavy (non-hydrogen) atoms. The zero-order chi connectivity index (χ0) is 10.7. The van der Waals surface area contributed by atoms with Crippen molar-refractivity contribution in [3.05, 3.63) is 42.4 Å². The van der Waals surface area contributed by atoms with Crippen LogP contribution in [0, 0.1) is 0 Å². The van der Waals surface area contributed by atoms with Crippen LogP contribution in [0.5, 0.6) is 0 Å². The summed E-state index contributed by atoms with van der Waals surface area (Å²) in [5.74, 6) is 0.126. The van der Waals surface area contributed by atoms with Crippen LogP contribution < -0.4 is 11.2 Å². The summed E-state index contributed by atoms with van der Waals surface area (Å²) < 4.78 is 0. The number of hydrogen-bond donors (Lipinski definition) is 2. The summed E-state index contributed by atoms with van der Waals surface area (Å²) in [4.78, 5) is 16.2. The Morgan fingerprint density at radius 2 is 2.33 bits per heavy atom. The highest BCUT2D eigenvalue weighted by molar-refractivity contribution is 5.92. The molecule has 0 aromatic carbocycles. The van der Waals surface area contributed by atoms with Crippen LogP contribution in [0.2, 0.25) is 0 Å². The van der Waals surface area contributed by atoms with E-state index in [1.807, 2.05) is 12.1 Å². The van der Waals surface area contributed by atoms with E-state index < -0.39 is 5.91 Å². The Morgan fingerprint density at radius 1 is 1.47 bits per heavy atom. The molecule has 0 saturated heterocycles. The van der Waals surface area contributed by atoms with Gasteiger partial charge in [-0.15, -0.1) is 0 Å². The Kier molecular flexibility index (Phi) is 2.32. The van der Waals surface area contributed by atoms with Crippen molar-refractivity contribution in [3.63, 3.8) is 0 Å². The van der Waals surface area contributed by atoms with Crippen molar-refractivity contribution in [2.45, 2.75) is 0 Å². The van der Waals surface area contributed by atoms with E-state index in [-0.39, 0.29) is 0 Å². The topological polar surface area (TPSA) is 85.8 Å². The Bertz CT molecular complexity index is 464. The van der Waals surface area contributed by atoms with Gasteiger partial charge in [0.1, 0.15) is 5.82 Å². The molecule has 6 nitrogen and oxygen atoms in total. The number of amides is 1. The highest BCUT2D eigenvalue weighted by atomic mass is 16.1. The van der Waals surface area contributed by atoms with Gasteiger partial charge in [0.15, 0.2) is 0 Å². The summed E-state index contributed by atoms with van der Waals surface area (Å²) in [5.41, 5.74) is 8.30. The zero-order valence-electron chi connectivity index (χ0n) is 7.79. The number of nitrogens with zero attached hydrogens (tertiary/aromatic N) is 3. The van der Waals surface area contributed by atoms with Gasteiger partial charge < -0.3 is 5.73 Å². The molecule has 0 fully saturated rings. The number of pyridine rings is 1. The van der Waals surface area contributed by atoms with Gasteiger partial charge in [-0.3, -0.25) is 10.2 Å². The van der Waals surface area contributed by atoms with Crippen molar-refractivity contribution >= 4 is 11.7 Å². The molecule has 2 heterocycles. The number of carbonyl (C=O) groups is 1. The molecular weight excluding hydrogens is 194 g/mol. The molecule has 0 aliphatic carbocycles. The third kappa shape index (κ3) is 2.11. The molecule has 2 aromatic rings. The zero-order valence-corrected chi connectivity index (χ0v) is 7.79. The Morgan fingerprint density at radius 3 is 2.93 bits per heavy atom. The summed E-state index contributed by atoms with van der Waals surface area (Å²) >= 11 is 0. The average Bonchev–Trinajstić information content (AvgIpc) is 2.68. The summed E-state index contributed by atoms with van der Waals surface area (Å²) in [6.45, 7) is 0. The van der Waals surface area contributed by atoms with Gasteiger partial charge in [-0.25, -0.2) is 4.98 Å². The third-order valence-electron chi connectivity index (χ3n) is 1.76. The van der Waals surface area contributed by atoms with E-state index in [0.29, 0.717) is 11.4 Å². The molecule has 0 aliphatic heterocycles. The van der Waals surface area contributed by atoms with Crippen LogP contribution in [-0.4, -0.2) is 20.8 Å². The van der Waals surface area contributed by atoms with E-state index >= 15 is 0 Å². The van der Waals surface area contributed by atoms with Gasteiger partial charge in [0, 0.05) is 6.20 Å². The second kappa shape index (κ2) is 3.79. The lowest BCUT2D eigenvalue weighted by molar-refractivity contribution is 0.100. The largest absolute Gasteiger partial charge is 0.365 e. The summed E-state index contributed by atoms with van der Waals surface area (Å²) in [5, 5.41) is 3.90. The predicted molar refractivity (Wildman–Crippen MR) is 54.0 cm³/mol. The van der Waals surface area contributed by atoms with Crippen LogP contribution in [0.4, 0.5) is 5.82 Å². The smallest absolute Gasteiger partial charge is 0.251 e. The fourth-order valence-electron chi connectivity index (χ4n) is 1.06. The van der Waals surface area contributed by atoms with Gasteiger partial charge in [-0.1, -0.05) is 6.07 Å². The molecule has 2 rings (SSSR count). The second-order valence-corrected chi connectivity index (χ2v) is 2.86. The van der Waals surface area contributed by atoms with Gasteiger partial charge in [-0.2, -0.15) is 9.89 Å². The molecule has 1 amide bonds. The molecule has 3 N–H and O–H groups in total. The number of primary amides is 1. The van der Waals surface area contributed by atoms with E-state index in [1.54, 1.807) is 12.3 Å². The van der Waals surface area contributed by atoms with E-state index in [4.69, 9.17) is 5.73 Å². The first kappa shape index (κ1) is 9.20. The maximum absolute atomic E-state index is 10.8. The van der Waals surface area contributed by atoms with Gasteiger partial charge in [0.25, 0.3) is 5.91 Å². The van der Waals surface area contributed by atoms with Gasteiger partial charge in [0.2, 0.25) is 0 Å². The van der Waals surface area contributed by atoms with Gasteiger partial charge >= 0.3 is 0 Å². The highest BCUT2D eigenvalue weighted by Crippen LogP contribution is 2.01. The van der Waals surface area contributed by atoms with E-state index in [9.17, 15) is 4.79 Å². The van der Waals surface area contributed by atoms with Crippen molar-refractivity contribution in [1.82, 2.24) is 14.9 Å². The fraction of sp³-hybridized carbons (Fsp3) is 0. The lowest BCUT2D eigenvalue weighted by atomic mass is 10.4. The van der Waals surface area contributed by atoms with Crippen molar-refractivity contribution in [2.75, 3.05) is 5.43 Å². The standard InChI is InChI=1S/C9H9N5O/c10-9(15)7-5-12-14(6-7)13-8-3-1-2-4-11-8/h1-6H,(H2,10,15)(H,11,13). The monoisotopic (exact) mass is 203 g/mol. The number of rotatable bonds is 3. The van der Waals surface area contributed by atoms with Crippen LogP contribution in [0.1, 0.15) is 10.4 Å². The van der Waals surface area contributed by atoms with Crippen LogP contribution >= 0.6 is 0 Å². The van der Waals surface area contributed by atoms with Crippen molar-refractivity contribution in [2.24, 2.45) is 5.73 Å². The van der Waals surface area contributed by atoms with Crippen molar-refractivity contribution in [3.8, 4) is 0 Å². The molecule has 0 spiro atoms. The van der Waals surface area contributed by atoms with Crippen LogP contribution in [0.3, 0.4) is 0 Å². The number of aromatic nitrogens is 3. The summed E-state index contributed by atoms with van der Waals surface area (Å²) in [6, 6.07) is 5.43. The maximum atomic E-state index is 10.8. The number of hydrogen-bond acceptors (Lipinski definition) is 4. The van der Waals surface area contributed by atoms with Crippen LogP contribution in [0.25, 0.3) is 0 Å². The molecule has 2 aromatic heterocycles. The fourth-order valence-corrected chi connectivity index (χ4v) is 1.06. The minimum atomic E-state index is -0.510. The maximum Gasteiger partial charge on any atom is 0.251 e. The SMILES string of the molecule is NC(=O)c1cnn(Nc2ccccn2)c1. The molecule has 0 bridgehead atoms. The average molecular weight is 203 g/mol. The molecule has 0 aliphatic rings. The Hall–Kier alpha value is -2.37. The second-order valence-electron chi connectivity index (χ2n) is 2.86. The minimum Gasteiger partial charge on any atom is -0.365 e. The lowest BCUT2D eigenvalue weighted by Crippen LogP contribution is -2.12. The van der Waals surface area contributed by atoms with Gasteiger partial charge in [0.05, 0.1) is 18.0 Å². The first-order valence-corrected chi connectivity index (χ1v) is 4.28. The minimum absolute atomic E-state index is 0.346. The van der Waals surface area contributed by atoms with Gasteiger partial charge in [-0.05, 0) is 12.1 Å². The number of carbonyl (C=O) groups excluding carboxylic acids is 1. The lowest BCUT2D eigenvalue weighted by Gasteiger charge is -2.02. The summed E-state index contributed by atoms with van der Waals surface area (Å²) in [6.07, 6.45) is 4.54. The normalized spacial score (nSPS) is 9.87. The molecule has 0 radical (unpaired) electrons. The Labute approximate surface area is 85.7 Å². The molecule has 0 saturated carbocycles. The molecule has 0 unspecified atom stereocenters. The van der Waals surface area contributed by atoms with Crippen LogP contribution in [0.15, 0.2) is 36.8 Å². The van der Waals surface area contributed by atoms with E-state index in [1.165, 1.54) is 17.2 Å². The molecule has 0 atom stereocenters.